The lowest BCUT2D eigenvalue weighted by atomic mass is 10.5. The number of hydrogen-bond donors (Lipinski definition) is 1. The van der Waals surface area contributed by atoms with Crippen LogP contribution < -0.4 is 4.72 Å². The SMILES string of the molecule is CCSC1=Nc2cc(Cl)sc2SN1. The molecule has 13 heavy (non-hydrogen) atoms. The molecule has 6 heteroatoms. The zero-order chi connectivity index (χ0) is 9.26. The number of nitrogens with zero attached hydrogens (tertiary/aromatic N) is 1. The molecule has 1 aliphatic heterocycles. The molecule has 0 atom stereocenters. The Balaban J connectivity index is 2.27. The lowest BCUT2D eigenvalue weighted by Gasteiger charge is -2.11. The van der Waals surface area contributed by atoms with Crippen LogP contribution in [0.2, 0.25) is 4.34 Å². The molecule has 1 aromatic heterocycles. The van der Waals surface area contributed by atoms with Gasteiger partial charge in [0.15, 0.2) is 5.17 Å². The van der Waals surface area contributed by atoms with Crippen molar-refractivity contribution in [2.45, 2.75) is 11.1 Å². The van der Waals surface area contributed by atoms with Crippen molar-refractivity contribution in [3.05, 3.63) is 10.4 Å². The average molecular weight is 251 g/mol. The fraction of sp³-hybridized carbons (Fsp3) is 0.286. The molecule has 1 aliphatic rings. The monoisotopic (exact) mass is 250 g/mol. The molecule has 0 bridgehead atoms. The highest BCUT2D eigenvalue weighted by atomic mass is 35.5. The summed E-state index contributed by atoms with van der Waals surface area (Å²) in [7, 11) is 0. The largest absolute Gasteiger partial charge is 0.304 e. The highest BCUT2D eigenvalue weighted by Gasteiger charge is 2.15. The first-order chi connectivity index (χ1) is 6.29. The van der Waals surface area contributed by atoms with Crippen LogP contribution in [0, 0.1) is 0 Å². The van der Waals surface area contributed by atoms with E-state index in [4.69, 9.17) is 11.6 Å². The molecule has 2 rings (SSSR count). The molecular formula is C7H7ClN2S3. The molecule has 2 heterocycles. The van der Waals surface area contributed by atoms with Crippen LogP contribution in [0.1, 0.15) is 6.92 Å². The molecule has 0 saturated carbocycles. The standard InChI is InChI=1S/C7H7ClN2S3/c1-2-11-7-9-4-3-5(8)12-6(4)13-10-7/h3H,2H2,1H3,(H,9,10). The molecule has 0 spiro atoms. The van der Waals surface area contributed by atoms with E-state index in [1.807, 2.05) is 6.07 Å². The number of thiophene rings is 1. The maximum Gasteiger partial charge on any atom is 0.172 e. The van der Waals surface area contributed by atoms with Gasteiger partial charge in [0.05, 0.1) is 10.0 Å². The van der Waals surface area contributed by atoms with Gasteiger partial charge in [-0.1, -0.05) is 30.3 Å². The van der Waals surface area contributed by atoms with Crippen LogP contribution in [-0.4, -0.2) is 10.9 Å². The molecule has 2 nitrogen and oxygen atoms in total. The van der Waals surface area contributed by atoms with Gasteiger partial charge in [-0.2, -0.15) is 0 Å². The van der Waals surface area contributed by atoms with Crippen molar-refractivity contribution in [1.29, 1.82) is 0 Å². The second-order valence-corrected chi connectivity index (χ2v) is 6.29. The van der Waals surface area contributed by atoms with E-state index in [0.29, 0.717) is 0 Å². The van der Waals surface area contributed by atoms with Crippen LogP contribution in [0.25, 0.3) is 0 Å². The van der Waals surface area contributed by atoms with E-state index in [0.717, 1.165) is 25.2 Å². The van der Waals surface area contributed by atoms with Gasteiger partial charge in [-0.15, -0.1) is 11.3 Å². The second-order valence-electron chi connectivity index (χ2n) is 2.28. The highest BCUT2D eigenvalue weighted by Crippen LogP contribution is 2.42. The molecule has 0 aromatic carbocycles. The van der Waals surface area contributed by atoms with E-state index in [-0.39, 0.29) is 0 Å². The molecule has 0 unspecified atom stereocenters. The zero-order valence-electron chi connectivity index (χ0n) is 6.83. The predicted molar refractivity (Wildman–Crippen MR) is 63.5 cm³/mol. The fourth-order valence-electron chi connectivity index (χ4n) is 0.908. The van der Waals surface area contributed by atoms with Gasteiger partial charge in [0.2, 0.25) is 0 Å². The number of hydrogen-bond acceptors (Lipinski definition) is 5. The van der Waals surface area contributed by atoms with E-state index >= 15 is 0 Å². The number of halogens is 1. The van der Waals surface area contributed by atoms with E-state index in [2.05, 4.69) is 16.6 Å². The molecule has 0 saturated heterocycles. The minimum atomic E-state index is 0.797. The summed E-state index contributed by atoms with van der Waals surface area (Å²) < 4.78 is 5.11. The van der Waals surface area contributed by atoms with Crippen LogP contribution in [0.4, 0.5) is 5.69 Å². The summed E-state index contributed by atoms with van der Waals surface area (Å²) in [6, 6.07) is 1.91. The van der Waals surface area contributed by atoms with Gasteiger partial charge in [-0.25, -0.2) is 4.99 Å². The van der Waals surface area contributed by atoms with Crippen LogP contribution in [0.3, 0.4) is 0 Å². The average Bonchev–Trinajstić information content (AvgIpc) is 2.44. The van der Waals surface area contributed by atoms with Crippen molar-refractivity contribution in [3.63, 3.8) is 0 Å². The summed E-state index contributed by atoms with van der Waals surface area (Å²) in [6.07, 6.45) is 0. The molecule has 0 fully saturated rings. The van der Waals surface area contributed by atoms with Gasteiger partial charge in [-0.05, 0) is 23.8 Å². The third kappa shape index (κ3) is 2.15. The van der Waals surface area contributed by atoms with Crippen molar-refractivity contribution in [2.75, 3.05) is 5.75 Å². The molecule has 0 aliphatic carbocycles. The first-order valence-electron chi connectivity index (χ1n) is 3.73. The van der Waals surface area contributed by atoms with Crippen molar-refractivity contribution >= 4 is 57.5 Å². The summed E-state index contributed by atoms with van der Waals surface area (Å²) in [6.45, 7) is 2.11. The lowest BCUT2D eigenvalue weighted by Crippen LogP contribution is -2.13. The molecule has 70 valence electrons. The summed E-state index contributed by atoms with van der Waals surface area (Å²) >= 11 is 10.7. The fourth-order valence-corrected chi connectivity index (χ4v) is 3.73. The van der Waals surface area contributed by atoms with E-state index in [1.54, 1.807) is 35.0 Å². The Morgan fingerprint density at radius 3 is 3.31 bits per heavy atom. The summed E-state index contributed by atoms with van der Waals surface area (Å²) in [4.78, 5) is 4.43. The topological polar surface area (TPSA) is 24.4 Å². The first-order valence-corrected chi connectivity index (χ1v) is 6.73. The third-order valence-electron chi connectivity index (χ3n) is 1.38. The lowest BCUT2D eigenvalue weighted by molar-refractivity contribution is 1.39. The summed E-state index contributed by atoms with van der Waals surface area (Å²) in [5.74, 6) is 1.03. The minimum absolute atomic E-state index is 0.797. The Labute approximate surface area is 94.3 Å². The Hall–Kier alpha value is 0.160. The quantitative estimate of drug-likeness (QED) is 0.769. The summed E-state index contributed by atoms with van der Waals surface area (Å²) in [5, 5.41) is 0.967. The van der Waals surface area contributed by atoms with E-state index in [1.165, 1.54) is 0 Å². The normalized spacial score (nSPS) is 14.8. The Bertz CT molecular complexity index is 348. The zero-order valence-corrected chi connectivity index (χ0v) is 10.0. The number of nitrogens with one attached hydrogen (secondary N) is 1. The molecule has 0 radical (unpaired) electrons. The summed E-state index contributed by atoms with van der Waals surface area (Å²) in [5.41, 5.74) is 0.995. The van der Waals surface area contributed by atoms with Crippen LogP contribution >= 0.6 is 46.6 Å². The van der Waals surface area contributed by atoms with Crippen molar-refractivity contribution < 1.29 is 0 Å². The van der Waals surface area contributed by atoms with Crippen molar-refractivity contribution in [1.82, 2.24) is 4.72 Å². The van der Waals surface area contributed by atoms with Crippen LogP contribution in [-0.2, 0) is 0 Å². The molecule has 1 aromatic rings. The molecule has 1 N–H and O–H groups in total. The van der Waals surface area contributed by atoms with Gasteiger partial charge in [-0.3, -0.25) is 0 Å². The Morgan fingerprint density at radius 2 is 2.54 bits per heavy atom. The first kappa shape index (κ1) is 9.71. The smallest absolute Gasteiger partial charge is 0.172 e. The van der Waals surface area contributed by atoms with Crippen LogP contribution in [0.5, 0.6) is 0 Å². The maximum atomic E-state index is 5.88. The third-order valence-corrected chi connectivity index (χ3v) is 4.51. The number of amidine groups is 1. The van der Waals surface area contributed by atoms with Gasteiger partial charge in [0.25, 0.3) is 0 Å². The van der Waals surface area contributed by atoms with E-state index < -0.39 is 0 Å². The van der Waals surface area contributed by atoms with Gasteiger partial charge in [0.1, 0.15) is 4.21 Å². The van der Waals surface area contributed by atoms with Crippen molar-refractivity contribution in [2.24, 2.45) is 4.99 Å². The maximum absolute atomic E-state index is 5.88. The van der Waals surface area contributed by atoms with E-state index in [9.17, 15) is 0 Å². The number of fused-ring (bicyclic) bond motifs is 1. The molecular weight excluding hydrogens is 244 g/mol. The van der Waals surface area contributed by atoms with Crippen molar-refractivity contribution in [3.8, 4) is 0 Å². The number of aliphatic imine (C=N–C) groups is 1. The number of thioether (sulfide) groups is 1. The van der Waals surface area contributed by atoms with Crippen LogP contribution in [0.15, 0.2) is 15.3 Å². The molecule has 0 amide bonds. The highest BCUT2D eigenvalue weighted by molar-refractivity contribution is 8.15. The Kier molecular flexibility index (Phi) is 3.08. The second kappa shape index (κ2) is 4.13. The number of rotatable bonds is 1. The van der Waals surface area contributed by atoms with Gasteiger partial charge >= 0.3 is 0 Å². The Morgan fingerprint density at radius 1 is 1.69 bits per heavy atom. The van der Waals surface area contributed by atoms with Gasteiger partial charge < -0.3 is 4.72 Å². The predicted octanol–water partition coefficient (Wildman–Crippen LogP) is 3.75. The minimum Gasteiger partial charge on any atom is -0.304 e. The van der Waals surface area contributed by atoms with Gasteiger partial charge in [0, 0.05) is 0 Å².